The first kappa shape index (κ1) is 15.7. The number of morpholine rings is 1. The fourth-order valence-electron chi connectivity index (χ4n) is 3.78. The minimum Gasteiger partial charge on any atom is -0.379 e. The Labute approximate surface area is 132 Å². The molecule has 0 radical (unpaired) electrons. The summed E-state index contributed by atoms with van der Waals surface area (Å²) in [5.74, 6) is 0.0557. The van der Waals surface area contributed by atoms with Gasteiger partial charge in [-0.15, -0.1) is 0 Å². The highest BCUT2D eigenvalue weighted by molar-refractivity contribution is 5.89. The van der Waals surface area contributed by atoms with E-state index in [1.165, 1.54) is 12.8 Å². The highest BCUT2D eigenvalue weighted by Crippen LogP contribution is 2.29. The average molecular weight is 309 g/mol. The van der Waals surface area contributed by atoms with Crippen molar-refractivity contribution < 1.29 is 14.3 Å². The molecule has 1 aliphatic carbocycles. The number of nitrogens with zero attached hydrogens (tertiary/aromatic N) is 2. The Morgan fingerprint density at radius 3 is 2.68 bits per heavy atom. The van der Waals surface area contributed by atoms with Gasteiger partial charge in [-0.2, -0.15) is 0 Å². The van der Waals surface area contributed by atoms with Crippen molar-refractivity contribution in [2.75, 3.05) is 45.9 Å². The van der Waals surface area contributed by atoms with E-state index in [9.17, 15) is 9.59 Å². The fourth-order valence-corrected chi connectivity index (χ4v) is 3.78. The topological polar surface area (TPSA) is 61.9 Å². The van der Waals surface area contributed by atoms with Crippen molar-refractivity contribution in [1.82, 2.24) is 15.1 Å². The highest BCUT2D eigenvalue weighted by Gasteiger charge is 2.38. The van der Waals surface area contributed by atoms with E-state index in [0.29, 0.717) is 25.6 Å². The van der Waals surface area contributed by atoms with Gasteiger partial charge in [-0.05, 0) is 12.8 Å². The van der Waals surface area contributed by atoms with E-state index >= 15 is 0 Å². The quantitative estimate of drug-likeness (QED) is 0.789. The van der Waals surface area contributed by atoms with E-state index in [-0.39, 0.29) is 17.7 Å². The lowest BCUT2D eigenvalue weighted by atomic mass is 10.1. The summed E-state index contributed by atoms with van der Waals surface area (Å²) in [4.78, 5) is 28.6. The Morgan fingerprint density at radius 1 is 1.23 bits per heavy atom. The van der Waals surface area contributed by atoms with Gasteiger partial charge in [0.1, 0.15) is 0 Å². The van der Waals surface area contributed by atoms with Gasteiger partial charge in [0.15, 0.2) is 0 Å². The average Bonchev–Trinajstić information content (AvgIpc) is 3.17. The molecule has 0 bridgehead atoms. The van der Waals surface area contributed by atoms with Crippen LogP contribution in [0, 0.1) is 5.92 Å². The molecule has 2 saturated heterocycles. The van der Waals surface area contributed by atoms with Crippen LogP contribution in [0.15, 0.2) is 0 Å². The predicted octanol–water partition coefficient (Wildman–Crippen LogP) is 0.226. The smallest absolute Gasteiger partial charge is 0.225 e. The molecule has 3 rings (SSSR count). The highest BCUT2D eigenvalue weighted by atomic mass is 16.5. The van der Waals surface area contributed by atoms with Crippen molar-refractivity contribution in [3.05, 3.63) is 0 Å². The second-order valence-electron chi connectivity index (χ2n) is 6.63. The number of amides is 2. The third-order valence-electron chi connectivity index (χ3n) is 5.13. The van der Waals surface area contributed by atoms with E-state index in [1.54, 1.807) is 0 Å². The minimum atomic E-state index is -0.155. The largest absolute Gasteiger partial charge is 0.379 e. The van der Waals surface area contributed by atoms with Crippen molar-refractivity contribution in [2.24, 2.45) is 5.92 Å². The van der Waals surface area contributed by atoms with Crippen LogP contribution >= 0.6 is 0 Å². The van der Waals surface area contributed by atoms with Crippen molar-refractivity contribution in [1.29, 1.82) is 0 Å². The van der Waals surface area contributed by atoms with E-state index in [4.69, 9.17) is 4.74 Å². The first-order chi connectivity index (χ1) is 10.7. The number of rotatable bonds is 5. The molecule has 0 spiro atoms. The molecule has 0 aromatic rings. The van der Waals surface area contributed by atoms with Crippen LogP contribution in [-0.2, 0) is 14.3 Å². The molecule has 6 nitrogen and oxygen atoms in total. The van der Waals surface area contributed by atoms with Gasteiger partial charge in [-0.1, -0.05) is 12.8 Å². The van der Waals surface area contributed by atoms with E-state index in [2.05, 4.69) is 10.2 Å². The normalized spacial score (nSPS) is 27.5. The van der Waals surface area contributed by atoms with Crippen LogP contribution in [0.4, 0.5) is 0 Å². The number of nitrogens with one attached hydrogen (secondary N) is 1. The van der Waals surface area contributed by atoms with Crippen molar-refractivity contribution >= 4 is 11.8 Å². The third-order valence-corrected chi connectivity index (χ3v) is 5.13. The molecule has 22 heavy (non-hydrogen) atoms. The zero-order valence-electron chi connectivity index (χ0n) is 13.3. The molecule has 2 heterocycles. The van der Waals surface area contributed by atoms with Crippen LogP contribution in [0.3, 0.4) is 0 Å². The van der Waals surface area contributed by atoms with Gasteiger partial charge in [0.05, 0.1) is 19.1 Å². The lowest BCUT2D eigenvalue weighted by molar-refractivity contribution is -0.130. The molecule has 0 aromatic carbocycles. The lowest BCUT2D eigenvalue weighted by Gasteiger charge is -2.26. The zero-order chi connectivity index (χ0) is 15.4. The third kappa shape index (κ3) is 3.79. The summed E-state index contributed by atoms with van der Waals surface area (Å²) in [6, 6.07) is 0.388. The van der Waals surface area contributed by atoms with Crippen molar-refractivity contribution in [3.8, 4) is 0 Å². The van der Waals surface area contributed by atoms with Crippen LogP contribution in [0.25, 0.3) is 0 Å². The molecule has 1 N–H and O–H groups in total. The van der Waals surface area contributed by atoms with Crippen LogP contribution < -0.4 is 5.32 Å². The number of hydrogen-bond acceptors (Lipinski definition) is 4. The maximum absolute atomic E-state index is 12.3. The molecule has 1 atom stereocenters. The maximum atomic E-state index is 12.3. The zero-order valence-corrected chi connectivity index (χ0v) is 13.3. The first-order valence-electron chi connectivity index (χ1n) is 8.61. The number of carbonyl (C=O) groups excluding carboxylic acids is 2. The lowest BCUT2D eigenvalue weighted by Crippen LogP contribution is -2.43. The summed E-state index contributed by atoms with van der Waals surface area (Å²) in [5, 5.41) is 3.00. The fraction of sp³-hybridized carbons (Fsp3) is 0.875. The molecule has 124 valence electrons. The standard InChI is InChI=1S/C16H27N3O3/c20-15-11-13(12-19(15)14-3-1-2-4-14)16(21)17-5-6-18-7-9-22-10-8-18/h13-14H,1-12H2,(H,17,21)/t13-/m1/s1. The molecule has 3 fully saturated rings. The van der Waals surface area contributed by atoms with Gasteiger partial charge in [-0.3, -0.25) is 14.5 Å². The number of likely N-dealkylation sites (tertiary alicyclic amines) is 1. The Bertz CT molecular complexity index is 403. The molecule has 2 amide bonds. The number of hydrogen-bond donors (Lipinski definition) is 1. The van der Waals surface area contributed by atoms with Crippen molar-refractivity contribution in [3.63, 3.8) is 0 Å². The summed E-state index contributed by atoms with van der Waals surface area (Å²) in [6.45, 7) is 5.57. The maximum Gasteiger partial charge on any atom is 0.225 e. The molecule has 0 aromatic heterocycles. The molecule has 2 aliphatic heterocycles. The Balaban J connectivity index is 1.39. The van der Waals surface area contributed by atoms with Crippen LogP contribution in [0.2, 0.25) is 0 Å². The van der Waals surface area contributed by atoms with Crippen LogP contribution in [0.1, 0.15) is 32.1 Å². The molecule has 0 unspecified atom stereocenters. The monoisotopic (exact) mass is 309 g/mol. The second-order valence-corrected chi connectivity index (χ2v) is 6.63. The number of carbonyl (C=O) groups is 2. The predicted molar refractivity (Wildman–Crippen MR) is 82.3 cm³/mol. The Hall–Kier alpha value is -1.14. The Kier molecular flexibility index (Phi) is 5.31. The van der Waals surface area contributed by atoms with Crippen LogP contribution in [0.5, 0.6) is 0 Å². The molecule has 1 saturated carbocycles. The van der Waals surface area contributed by atoms with Gasteiger partial charge in [0.2, 0.25) is 11.8 Å². The first-order valence-corrected chi connectivity index (χ1v) is 8.61. The summed E-state index contributed by atoms with van der Waals surface area (Å²) >= 11 is 0. The summed E-state index contributed by atoms with van der Waals surface area (Å²) in [7, 11) is 0. The Morgan fingerprint density at radius 2 is 1.95 bits per heavy atom. The SMILES string of the molecule is O=C(NCCN1CCOCC1)[C@@H]1CC(=O)N(C2CCCC2)C1. The molecular weight excluding hydrogens is 282 g/mol. The number of ether oxygens (including phenoxy) is 1. The second kappa shape index (κ2) is 7.42. The summed E-state index contributed by atoms with van der Waals surface area (Å²) in [6.07, 6.45) is 5.03. The molecule has 3 aliphatic rings. The van der Waals surface area contributed by atoms with Gasteiger partial charge in [0, 0.05) is 45.2 Å². The van der Waals surface area contributed by atoms with Crippen LogP contribution in [-0.4, -0.2) is 73.6 Å². The van der Waals surface area contributed by atoms with Gasteiger partial charge >= 0.3 is 0 Å². The van der Waals surface area contributed by atoms with E-state index in [0.717, 1.165) is 45.7 Å². The van der Waals surface area contributed by atoms with Crippen molar-refractivity contribution in [2.45, 2.75) is 38.1 Å². The van der Waals surface area contributed by atoms with Gasteiger partial charge in [0.25, 0.3) is 0 Å². The van der Waals surface area contributed by atoms with E-state index in [1.807, 2.05) is 4.90 Å². The minimum absolute atomic E-state index is 0.0436. The van der Waals surface area contributed by atoms with Gasteiger partial charge in [-0.25, -0.2) is 0 Å². The van der Waals surface area contributed by atoms with E-state index < -0.39 is 0 Å². The summed E-state index contributed by atoms with van der Waals surface area (Å²) in [5.41, 5.74) is 0. The summed E-state index contributed by atoms with van der Waals surface area (Å²) < 4.78 is 5.31. The van der Waals surface area contributed by atoms with Gasteiger partial charge < -0.3 is 15.0 Å². The molecular formula is C16H27N3O3. The molecule has 6 heteroatoms.